The summed E-state index contributed by atoms with van der Waals surface area (Å²) in [5, 5.41) is 5.27. The molecule has 0 fully saturated rings. The van der Waals surface area contributed by atoms with E-state index in [1.165, 1.54) is 6.92 Å². The number of urea groups is 1. The molecule has 1 heterocycles. The molecule has 2 amide bonds. The van der Waals surface area contributed by atoms with Gasteiger partial charge in [0.05, 0.1) is 18.2 Å². The van der Waals surface area contributed by atoms with Crippen molar-refractivity contribution in [2.75, 3.05) is 6.61 Å². The number of allylic oxidation sites excluding steroid dienone is 1. The zero-order chi connectivity index (χ0) is 16.3. The minimum atomic E-state index is -0.646. The zero-order valence-corrected chi connectivity index (χ0v) is 12.7. The number of rotatable bonds is 4. The Kier molecular flexibility index (Phi) is 4.60. The Labute approximate surface area is 128 Å². The molecule has 1 aliphatic rings. The molecule has 0 aromatic heterocycles. The van der Waals surface area contributed by atoms with Gasteiger partial charge in [0.2, 0.25) is 0 Å². The smallest absolute Gasteiger partial charge is 0.338 e. The number of esters is 1. The first-order chi connectivity index (χ1) is 10.4. The van der Waals surface area contributed by atoms with Gasteiger partial charge in [-0.05, 0) is 32.4 Å². The highest BCUT2D eigenvalue weighted by atomic mass is 16.5. The lowest BCUT2D eigenvalue weighted by Crippen LogP contribution is -2.45. The molecule has 2 rings (SSSR count). The van der Waals surface area contributed by atoms with Gasteiger partial charge >= 0.3 is 12.0 Å². The van der Waals surface area contributed by atoms with Crippen LogP contribution in [0.4, 0.5) is 4.79 Å². The summed E-state index contributed by atoms with van der Waals surface area (Å²) in [5.74, 6) is -0.578. The molecule has 0 radical (unpaired) electrons. The van der Waals surface area contributed by atoms with E-state index in [1.807, 2.05) is 0 Å². The van der Waals surface area contributed by atoms with Crippen LogP contribution >= 0.6 is 0 Å². The number of Topliss-reactive ketones (excluding diaryl/α,β-unsaturated/α-hetero) is 1. The SMILES string of the molecule is CCOC(=O)C1=C(C)NC(=O)NC1c1cccc(C(C)=O)c1. The van der Waals surface area contributed by atoms with Crippen LogP contribution in [-0.4, -0.2) is 24.4 Å². The molecule has 6 heteroatoms. The molecule has 1 atom stereocenters. The Bertz CT molecular complexity index is 664. The van der Waals surface area contributed by atoms with Gasteiger partial charge in [0.15, 0.2) is 5.78 Å². The number of hydrogen-bond acceptors (Lipinski definition) is 4. The van der Waals surface area contributed by atoms with Gasteiger partial charge in [-0.15, -0.1) is 0 Å². The summed E-state index contributed by atoms with van der Waals surface area (Å²) in [5.41, 5.74) is 1.96. The van der Waals surface area contributed by atoms with Crippen molar-refractivity contribution in [2.24, 2.45) is 0 Å². The molecule has 2 N–H and O–H groups in total. The molecule has 0 saturated heterocycles. The molecular weight excluding hydrogens is 284 g/mol. The summed E-state index contributed by atoms with van der Waals surface area (Å²) in [6.45, 7) is 5.07. The molecule has 0 bridgehead atoms. The molecule has 0 spiro atoms. The van der Waals surface area contributed by atoms with Crippen molar-refractivity contribution in [3.63, 3.8) is 0 Å². The van der Waals surface area contributed by atoms with Crippen molar-refractivity contribution < 1.29 is 19.1 Å². The highest BCUT2D eigenvalue weighted by Crippen LogP contribution is 2.28. The first-order valence-corrected chi connectivity index (χ1v) is 7.00. The van der Waals surface area contributed by atoms with E-state index in [2.05, 4.69) is 10.6 Å². The van der Waals surface area contributed by atoms with Crippen molar-refractivity contribution in [2.45, 2.75) is 26.8 Å². The number of ether oxygens (including phenoxy) is 1. The van der Waals surface area contributed by atoms with Crippen LogP contribution in [0.15, 0.2) is 35.5 Å². The van der Waals surface area contributed by atoms with Gasteiger partial charge < -0.3 is 15.4 Å². The van der Waals surface area contributed by atoms with E-state index in [4.69, 9.17) is 4.74 Å². The van der Waals surface area contributed by atoms with Crippen LogP contribution in [0.2, 0.25) is 0 Å². The van der Waals surface area contributed by atoms with Gasteiger partial charge in [0.1, 0.15) is 0 Å². The second-order valence-corrected chi connectivity index (χ2v) is 4.97. The first-order valence-electron chi connectivity index (χ1n) is 7.00. The molecule has 1 unspecified atom stereocenters. The fourth-order valence-electron chi connectivity index (χ4n) is 2.36. The molecule has 0 aliphatic carbocycles. The van der Waals surface area contributed by atoms with Crippen molar-refractivity contribution >= 4 is 17.8 Å². The van der Waals surface area contributed by atoms with E-state index in [-0.39, 0.29) is 12.4 Å². The van der Waals surface area contributed by atoms with Gasteiger partial charge in [0.25, 0.3) is 0 Å². The van der Waals surface area contributed by atoms with Crippen LogP contribution in [0.1, 0.15) is 42.7 Å². The second-order valence-electron chi connectivity index (χ2n) is 4.97. The van der Waals surface area contributed by atoms with E-state index < -0.39 is 18.0 Å². The fourth-order valence-corrected chi connectivity index (χ4v) is 2.36. The molecule has 6 nitrogen and oxygen atoms in total. The van der Waals surface area contributed by atoms with Crippen LogP contribution in [0.25, 0.3) is 0 Å². The third-order valence-electron chi connectivity index (χ3n) is 3.39. The molecular formula is C16H18N2O4. The van der Waals surface area contributed by atoms with Crippen molar-refractivity contribution in [3.05, 3.63) is 46.7 Å². The largest absolute Gasteiger partial charge is 0.463 e. The van der Waals surface area contributed by atoms with Crippen LogP contribution in [0, 0.1) is 0 Å². The highest BCUT2D eigenvalue weighted by Gasteiger charge is 2.32. The summed E-state index contributed by atoms with van der Waals surface area (Å²) in [4.78, 5) is 35.4. The van der Waals surface area contributed by atoms with Crippen LogP contribution < -0.4 is 10.6 Å². The normalized spacial score (nSPS) is 17.6. The lowest BCUT2D eigenvalue weighted by atomic mass is 9.94. The minimum Gasteiger partial charge on any atom is -0.463 e. The van der Waals surface area contributed by atoms with Crippen molar-refractivity contribution in [1.82, 2.24) is 10.6 Å². The Morgan fingerprint density at radius 3 is 2.68 bits per heavy atom. The third kappa shape index (κ3) is 3.16. The van der Waals surface area contributed by atoms with Gasteiger partial charge in [-0.3, -0.25) is 4.79 Å². The number of benzene rings is 1. The maximum absolute atomic E-state index is 12.2. The summed E-state index contributed by atoms with van der Waals surface area (Å²) in [7, 11) is 0. The Morgan fingerprint density at radius 2 is 2.05 bits per heavy atom. The first kappa shape index (κ1) is 15.8. The van der Waals surface area contributed by atoms with E-state index in [0.29, 0.717) is 22.4 Å². The van der Waals surface area contributed by atoms with Crippen molar-refractivity contribution in [3.8, 4) is 0 Å². The Morgan fingerprint density at radius 1 is 1.32 bits per heavy atom. The Balaban J connectivity index is 2.47. The number of amides is 2. The Hall–Kier alpha value is -2.63. The quantitative estimate of drug-likeness (QED) is 0.659. The maximum atomic E-state index is 12.2. The number of ketones is 1. The fraction of sp³-hybridized carbons (Fsp3) is 0.312. The second kappa shape index (κ2) is 6.43. The topological polar surface area (TPSA) is 84.5 Å². The molecule has 116 valence electrons. The van der Waals surface area contributed by atoms with Gasteiger partial charge in [-0.25, -0.2) is 9.59 Å². The lowest BCUT2D eigenvalue weighted by molar-refractivity contribution is -0.139. The summed E-state index contributed by atoms with van der Waals surface area (Å²) >= 11 is 0. The molecule has 1 aromatic carbocycles. The van der Waals surface area contributed by atoms with E-state index in [0.717, 1.165) is 0 Å². The van der Waals surface area contributed by atoms with Crippen LogP contribution in [-0.2, 0) is 9.53 Å². The van der Waals surface area contributed by atoms with Gasteiger partial charge in [-0.2, -0.15) is 0 Å². The lowest BCUT2D eigenvalue weighted by Gasteiger charge is -2.28. The zero-order valence-electron chi connectivity index (χ0n) is 12.7. The van der Waals surface area contributed by atoms with E-state index in [1.54, 1.807) is 38.1 Å². The highest BCUT2D eigenvalue weighted by molar-refractivity contribution is 5.96. The van der Waals surface area contributed by atoms with Gasteiger partial charge in [-0.1, -0.05) is 18.2 Å². The predicted octanol–water partition coefficient (Wildman–Crippen LogP) is 2.08. The van der Waals surface area contributed by atoms with Gasteiger partial charge in [0, 0.05) is 11.3 Å². The predicted molar refractivity (Wildman–Crippen MR) is 80.2 cm³/mol. The average molecular weight is 302 g/mol. The summed E-state index contributed by atoms with van der Waals surface area (Å²) in [6.07, 6.45) is 0. The number of carbonyl (C=O) groups is 3. The van der Waals surface area contributed by atoms with E-state index >= 15 is 0 Å². The molecule has 0 saturated carbocycles. The minimum absolute atomic E-state index is 0.0829. The van der Waals surface area contributed by atoms with Crippen molar-refractivity contribution in [1.29, 1.82) is 0 Å². The average Bonchev–Trinajstić information content (AvgIpc) is 2.46. The standard InChI is InChI=1S/C16H18N2O4/c1-4-22-15(20)13-9(2)17-16(21)18-14(13)12-7-5-6-11(8-12)10(3)19/h5-8,14H,4H2,1-3H3,(H2,17,18,21). The number of hydrogen-bond donors (Lipinski definition) is 2. The van der Waals surface area contributed by atoms with E-state index in [9.17, 15) is 14.4 Å². The monoisotopic (exact) mass is 302 g/mol. The molecule has 1 aliphatic heterocycles. The third-order valence-corrected chi connectivity index (χ3v) is 3.39. The van der Waals surface area contributed by atoms with Crippen LogP contribution in [0.5, 0.6) is 0 Å². The molecule has 22 heavy (non-hydrogen) atoms. The summed E-state index contributed by atoms with van der Waals surface area (Å²) in [6, 6.07) is 5.80. The maximum Gasteiger partial charge on any atom is 0.338 e. The molecule has 1 aromatic rings. The summed E-state index contributed by atoms with van der Waals surface area (Å²) < 4.78 is 5.06. The number of carbonyl (C=O) groups excluding carboxylic acids is 3. The van der Waals surface area contributed by atoms with Crippen LogP contribution in [0.3, 0.4) is 0 Å². The number of nitrogens with one attached hydrogen (secondary N) is 2.